The van der Waals surface area contributed by atoms with Gasteiger partial charge in [0.15, 0.2) is 0 Å². The lowest BCUT2D eigenvalue weighted by molar-refractivity contribution is 0.169. The normalized spacial score (nSPS) is 14.3. The zero-order valence-corrected chi connectivity index (χ0v) is 12.3. The Bertz CT molecular complexity index is 495. The second-order valence-electron chi connectivity index (χ2n) is 4.81. The molecular formula is C16H21NOS. The third-order valence-electron chi connectivity index (χ3n) is 3.28. The van der Waals surface area contributed by atoms with Crippen molar-refractivity contribution in [2.24, 2.45) is 0 Å². The Balaban J connectivity index is 1.94. The van der Waals surface area contributed by atoms with Gasteiger partial charge in [-0.15, -0.1) is 11.3 Å². The maximum absolute atomic E-state index is 10.2. The average molecular weight is 275 g/mol. The summed E-state index contributed by atoms with van der Waals surface area (Å²) in [6, 6.07) is 12.6. The van der Waals surface area contributed by atoms with Gasteiger partial charge in [0.05, 0.1) is 6.10 Å². The molecule has 1 aromatic carbocycles. The van der Waals surface area contributed by atoms with E-state index in [1.54, 1.807) is 11.3 Å². The lowest BCUT2D eigenvalue weighted by Crippen LogP contribution is -2.25. The number of hydrogen-bond donors (Lipinski definition) is 2. The first-order chi connectivity index (χ1) is 9.20. The van der Waals surface area contributed by atoms with Gasteiger partial charge in [-0.3, -0.25) is 0 Å². The minimum atomic E-state index is -0.450. The molecule has 102 valence electrons. The molecular weight excluding hydrogens is 254 g/mol. The molecule has 3 heteroatoms. The van der Waals surface area contributed by atoms with Crippen LogP contribution in [-0.4, -0.2) is 11.7 Å². The fraction of sp³-hybridized carbons (Fsp3) is 0.375. The van der Waals surface area contributed by atoms with E-state index in [-0.39, 0.29) is 0 Å². The van der Waals surface area contributed by atoms with Gasteiger partial charge in [0, 0.05) is 17.5 Å². The summed E-state index contributed by atoms with van der Waals surface area (Å²) in [5.41, 5.74) is 2.16. The molecule has 1 aromatic heterocycles. The predicted molar refractivity (Wildman–Crippen MR) is 81.5 cm³/mol. The Morgan fingerprint density at radius 3 is 2.74 bits per heavy atom. The zero-order valence-electron chi connectivity index (χ0n) is 11.5. The molecule has 0 aliphatic heterocycles. The van der Waals surface area contributed by atoms with Crippen molar-refractivity contribution in [2.75, 3.05) is 6.54 Å². The second-order valence-corrected chi connectivity index (χ2v) is 5.79. The zero-order chi connectivity index (χ0) is 13.7. The highest BCUT2D eigenvalue weighted by atomic mass is 32.1. The molecule has 0 bridgehead atoms. The predicted octanol–water partition coefficient (Wildman–Crippen LogP) is 3.83. The van der Waals surface area contributed by atoms with E-state index < -0.39 is 6.10 Å². The van der Waals surface area contributed by atoms with Crippen LogP contribution in [0.5, 0.6) is 0 Å². The van der Waals surface area contributed by atoms with E-state index in [0.717, 1.165) is 12.0 Å². The molecule has 19 heavy (non-hydrogen) atoms. The van der Waals surface area contributed by atoms with Gasteiger partial charge in [-0.25, -0.2) is 0 Å². The molecule has 2 rings (SSSR count). The van der Waals surface area contributed by atoms with Crippen LogP contribution in [0, 0.1) is 6.92 Å². The molecule has 0 radical (unpaired) electrons. The number of nitrogens with one attached hydrogen (secondary N) is 1. The Kier molecular flexibility index (Phi) is 5.14. The lowest BCUT2D eigenvalue weighted by atomic mass is 10.1. The molecule has 2 N–H and O–H groups in total. The number of aliphatic hydroxyl groups excluding tert-OH is 1. The number of aryl methyl sites for hydroxylation is 1. The van der Waals surface area contributed by atoms with Gasteiger partial charge < -0.3 is 10.4 Å². The summed E-state index contributed by atoms with van der Waals surface area (Å²) < 4.78 is 0. The minimum Gasteiger partial charge on any atom is -0.387 e. The molecule has 0 amide bonds. The van der Waals surface area contributed by atoms with Crippen LogP contribution >= 0.6 is 11.3 Å². The maximum Gasteiger partial charge on any atom is 0.0914 e. The molecule has 0 aliphatic rings. The van der Waals surface area contributed by atoms with Crippen molar-refractivity contribution in [3.63, 3.8) is 0 Å². The SMILES string of the molecule is CCC(NCC(O)c1cccc(C)c1)c1cccs1. The Labute approximate surface area is 119 Å². The van der Waals surface area contributed by atoms with E-state index >= 15 is 0 Å². The Hall–Kier alpha value is -1.16. The summed E-state index contributed by atoms with van der Waals surface area (Å²) in [6.45, 7) is 4.79. The van der Waals surface area contributed by atoms with Crippen molar-refractivity contribution in [3.05, 3.63) is 57.8 Å². The topological polar surface area (TPSA) is 32.3 Å². The third-order valence-corrected chi connectivity index (χ3v) is 4.27. The summed E-state index contributed by atoms with van der Waals surface area (Å²) in [6.07, 6.45) is 0.579. The van der Waals surface area contributed by atoms with Crippen LogP contribution in [-0.2, 0) is 0 Å². The second kappa shape index (κ2) is 6.85. The van der Waals surface area contributed by atoms with E-state index in [0.29, 0.717) is 12.6 Å². The molecule has 0 aliphatic carbocycles. The number of benzene rings is 1. The molecule has 1 heterocycles. The summed E-state index contributed by atoms with van der Waals surface area (Å²) in [4.78, 5) is 1.33. The smallest absolute Gasteiger partial charge is 0.0914 e. The van der Waals surface area contributed by atoms with Crippen LogP contribution in [0.2, 0.25) is 0 Å². The van der Waals surface area contributed by atoms with E-state index in [1.165, 1.54) is 10.4 Å². The standard InChI is InChI=1S/C16H21NOS/c1-3-14(16-8-5-9-19-16)17-11-15(18)13-7-4-6-12(2)10-13/h4-10,14-15,17-18H,3,11H2,1-2H3. The van der Waals surface area contributed by atoms with Crippen LogP contribution in [0.3, 0.4) is 0 Å². The monoisotopic (exact) mass is 275 g/mol. The largest absolute Gasteiger partial charge is 0.387 e. The van der Waals surface area contributed by atoms with Crippen LogP contribution in [0.1, 0.15) is 41.5 Å². The van der Waals surface area contributed by atoms with E-state index in [2.05, 4.69) is 29.8 Å². The summed E-state index contributed by atoms with van der Waals surface area (Å²) in [7, 11) is 0. The van der Waals surface area contributed by atoms with Crippen molar-refractivity contribution in [1.29, 1.82) is 0 Å². The van der Waals surface area contributed by atoms with Crippen molar-refractivity contribution in [1.82, 2.24) is 5.32 Å². The highest BCUT2D eigenvalue weighted by Gasteiger charge is 2.13. The summed E-state index contributed by atoms with van der Waals surface area (Å²) >= 11 is 1.76. The fourth-order valence-electron chi connectivity index (χ4n) is 2.18. The van der Waals surface area contributed by atoms with Crippen LogP contribution in [0.15, 0.2) is 41.8 Å². The molecule has 0 fully saturated rings. The number of thiophene rings is 1. The van der Waals surface area contributed by atoms with Crippen molar-refractivity contribution >= 4 is 11.3 Å². The quantitative estimate of drug-likeness (QED) is 0.839. The van der Waals surface area contributed by atoms with Gasteiger partial charge >= 0.3 is 0 Å². The van der Waals surface area contributed by atoms with Gasteiger partial charge in [-0.2, -0.15) is 0 Å². The van der Waals surface area contributed by atoms with Crippen molar-refractivity contribution < 1.29 is 5.11 Å². The van der Waals surface area contributed by atoms with Crippen LogP contribution in [0.4, 0.5) is 0 Å². The molecule has 0 spiro atoms. The molecule has 0 saturated heterocycles. The van der Waals surface area contributed by atoms with E-state index in [4.69, 9.17) is 0 Å². The number of rotatable bonds is 6. The van der Waals surface area contributed by atoms with Gasteiger partial charge in [0.25, 0.3) is 0 Å². The first-order valence-electron chi connectivity index (χ1n) is 6.72. The van der Waals surface area contributed by atoms with Gasteiger partial charge in [-0.05, 0) is 30.4 Å². The van der Waals surface area contributed by atoms with Gasteiger partial charge in [0.2, 0.25) is 0 Å². The number of aliphatic hydroxyl groups is 1. The Morgan fingerprint density at radius 1 is 1.26 bits per heavy atom. The molecule has 0 saturated carbocycles. The molecule has 2 aromatic rings. The van der Waals surface area contributed by atoms with Gasteiger partial charge in [-0.1, -0.05) is 42.8 Å². The maximum atomic E-state index is 10.2. The summed E-state index contributed by atoms with van der Waals surface area (Å²) in [5.74, 6) is 0. The molecule has 2 atom stereocenters. The van der Waals surface area contributed by atoms with Crippen LogP contribution < -0.4 is 5.32 Å². The number of hydrogen-bond acceptors (Lipinski definition) is 3. The van der Waals surface area contributed by atoms with E-state index in [9.17, 15) is 5.11 Å². The Morgan fingerprint density at radius 2 is 2.11 bits per heavy atom. The molecule has 2 unspecified atom stereocenters. The van der Waals surface area contributed by atoms with E-state index in [1.807, 2.05) is 31.2 Å². The highest BCUT2D eigenvalue weighted by molar-refractivity contribution is 7.10. The van der Waals surface area contributed by atoms with Crippen molar-refractivity contribution in [3.8, 4) is 0 Å². The average Bonchev–Trinajstić information content (AvgIpc) is 2.93. The first kappa shape index (κ1) is 14.3. The fourth-order valence-corrected chi connectivity index (χ4v) is 3.07. The molecule has 2 nitrogen and oxygen atoms in total. The first-order valence-corrected chi connectivity index (χ1v) is 7.60. The van der Waals surface area contributed by atoms with Crippen molar-refractivity contribution in [2.45, 2.75) is 32.4 Å². The minimum absolute atomic E-state index is 0.333. The summed E-state index contributed by atoms with van der Waals surface area (Å²) in [5, 5.41) is 15.8. The van der Waals surface area contributed by atoms with Gasteiger partial charge in [0.1, 0.15) is 0 Å². The van der Waals surface area contributed by atoms with Crippen LogP contribution in [0.25, 0.3) is 0 Å². The highest BCUT2D eigenvalue weighted by Crippen LogP contribution is 2.22. The lowest BCUT2D eigenvalue weighted by Gasteiger charge is -2.19. The third kappa shape index (κ3) is 3.90.